The summed E-state index contributed by atoms with van der Waals surface area (Å²) < 4.78 is 6.97. The van der Waals surface area contributed by atoms with E-state index in [0.717, 1.165) is 16.5 Å². The predicted molar refractivity (Wildman–Crippen MR) is 104 cm³/mol. The first-order chi connectivity index (χ1) is 11.7. The highest BCUT2D eigenvalue weighted by atomic mass is 79.9. The summed E-state index contributed by atoms with van der Waals surface area (Å²) in [4.78, 5) is 15.0. The van der Waals surface area contributed by atoms with Gasteiger partial charge in [0.2, 0.25) is 5.91 Å². The van der Waals surface area contributed by atoms with Crippen LogP contribution in [0.15, 0.2) is 28.7 Å². The maximum absolute atomic E-state index is 13.0. The van der Waals surface area contributed by atoms with Gasteiger partial charge in [0.1, 0.15) is 6.10 Å². The number of carbonyl (C=O) groups excluding carboxylic acids is 1. The van der Waals surface area contributed by atoms with E-state index in [1.807, 2.05) is 17.0 Å². The van der Waals surface area contributed by atoms with E-state index < -0.39 is 0 Å². The highest BCUT2D eigenvalue weighted by Crippen LogP contribution is 2.34. The van der Waals surface area contributed by atoms with Gasteiger partial charge in [-0.3, -0.25) is 4.79 Å². The first-order valence-corrected chi connectivity index (χ1v) is 9.92. The Morgan fingerprint density at radius 2 is 2.12 bits per heavy atom. The molecule has 0 aromatic heterocycles. The molecule has 1 N–H and O–H groups in total. The van der Waals surface area contributed by atoms with Crippen molar-refractivity contribution in [1.29, 1.82) is 0 Å². The van der Waals surface area contributed by atoms with Crippen molar-refractivity contribution in [2.24, 2.45) is 5.92 Å². The summed E-state index contributed by atoms with van der Waals surface area (Å²) in [5.41, 5.74) is 1.13. The van der Waals surface area contributed by atoms with E-state index in [0.29, 0.717) is 31.7 Å². The predicted octanol–water partition coefficient (Wildman–Crippen LogP) is 3.69. The summed E-state index contributed by atoms with van der Waals surface area (Å²) in [5.74, 6) is 0.974. The summed E-state index contributed by atoms with van der Waals surface area (Å²) in [6, 6.07) is 8.77. The summed E-state index contributed by atoms with van der Waals surface area (Å²) in [6.07, 6.45) is 6.14. The molecule has 138 valence electrons. The second-order valence-corrected chi connectivity index (χ2v) is 8.22. The van der Waals surface area contributed by atoms with Crippen molar-refractivity contribution in [3.05, 3.63) is 34.3 Å². The van der Waals surface area contributed by atoms with Gasteiger partial charge in [0.25, 0.3) is 0 Å². The zero-order valence-corrected chi connectivity index (χ0v) is 16.7. The van der Waals surface area contributed by atoms with Crippen molar-refractivity contribution < 1.29 is 9.53 Å². The van der Waals surface area contributed by atoms with Gasteiger partial charge in [-0.05, 0) is 42.9 Å². The van der Waals surface area contributed by atoms with Crippen LogP contribution < -0.4 is 5.32 Å². The average Bonchev–Trinajstić information content (AvgIpc) is 3.05. The molecule has 0 spiro atoms. The number of nitrogens with zero attached hydrogens (tertiary/aromatic N) is 1. The van der Waals surface area contributed by atoms with Gasteiger partial charge in [-0.15, -0.1) is 12.4 Å². The molecule has 3 aliphatic rings. The maximum atomic E-state index is 13.0. The number of hydrogen-bond acceptors (Lipinski definition) is 3. The normalized spacial score (nSPS) is 32.0. The van der Waals surface area contributed by atoms with Crippen molar-refractivity contribution in [3.8, 4) is 0 Å². The van der Waals surface area contributed by atoms with E-state index in [4.69, 9.17) is 4.74 Å². The second-order valence-electron chi connectivity index (χ2n) is 7.30. The third-order valence-electron chi connectivity index (χ3n) is 5.76. The van der Waals surface area contributed by atoms with Crippen LogP contribution in [0.25, 0.3) is 0 Å². The molecule has 6 heteroatoms. The van der Waals surface area contributed by atoms with E-state index in [1.165, 1.54) is 25.7 Å². The van der Waals surface area contributed by atoms with Crippen LogP contribution in [0.2, 0.25) is 0 Å². The molecule has 3 fully saturated rings. The number of halogens is 2. The molecule has 2 saturated heterocycles. The summed E-state index contributed by atoms with van der Waals surface area (Å²) in [6.45, 7) is 1.97. The van der Waals surface area contributed by atoms with E-state index >= 15 is 0 Å². The molecule has 4 nitrogen and oxygen atoms in total. The van der Waals surface area contributed by atoms with Crippen molar-refractivity contribution in [2.75, 3.05) is 19.7 Å². The van der Waals surface area contributed by atoms with E-state index in [-0.39, 0.29) is 30.5 Å². The second kappa shape index (κ2) is 8.38. The number of nitrogens with one attached hydrogen (secondary N) is 1. The molecule has 2 aliphatic heterocycles. The van der Waals surface area contributed by atoms with Gasteiger partial charge in [0.05, 0.1) is 19.2 Å². The lowest BCUT2D eigenvalue weighted by Crippen LogP contribution is -2.50. The zero-order valence-electron chi connectivity index (χ0n) is 14.3. The van der Waals surface area contributed by atoms with Crippen LogP contribution in [0.3, 0.4) is 0 Å². The summed E-state index contributed by atoms with van der Waals surface area (Å²) >= 11 is 3.52. The molecule has 1 saturated carbocycles. The van der Waals surface area contributed by atoms with E-state index in [9.17, 15) is 4.79 Å². The number of fused-ring (bicyclic) bond motifs is 1. The Kier molecular flexibility index (Phi) is 6.42. The molecule has 25 heavy (non-hydrogen) atoms. The number of carbonyl (C=O) groups is 1. The van der Waals surface area contributed by atoms with Gasteiger partial charge in [-0.2, -0.15) is 0 Å². The van der Waals surface area contributed by atoms with Crippen LogP contribution in [0.1, 0.15) is 43.8 Å². The molecule has 1 amide bonds. The molecule has 4 atom stereocenters. The first-order valence-electron chi connectivity index (χ1n) is 9.12. The van der Waals surface area contributed by atoms with Gasteiger partial charge in [-0.25, -0.2) is 0 Å². The highest BCUT2D eigenvalue weighted by Gasteiger charge is 2.40. The molecule has 0 radical (unpaired) electrons. The van der Waals surface area contributed by atoms with Gasteiger partial charge < -0.3 is 15.0 Å². The van der Waals surface area contributed by atoms with Crippen molar-refractivity contribution in [1.82, 2.24) is 10.2 Å². The topological polar surface area (TPSA) is 41.6 Å². The van der Waals surface area contributed by atoms with Crippen molar-refractivity contribution in [2.45, 2.75) is 50.3 Å². The van der Waals surface area contributed by atoms with E-state index in [2.05, 4.69) is 33.4 Å². The molecular formula is C19H26BrClN2O2. The summed E-state index contributed by atoms with van der Waals surface area (Å²) in [5, 5.41) is 3.61. The molecule has 4 unspecified atom stereocenters. The molecular weight excluding hydrogens is 404 g/mol. The number of amides is 1. The lowest BCUT2D eigenvalue weighted by atomic mass is 9.85. The Labute approximate surface area is 164 Å². The van der Waals surface area contributed by atoms with Crippen molar-refractivity contribution >= 4 is 34.2 Å². The zero-order chi connectivity index (χ0) is 16.5. The fraction of sp³-hybridized carbons (Fsp3) is 0.632. The lowest BCUT2D eigenvalue weighted by molar-refractivity contribution is -0.141. The number of benzene rings is 1. The SMILES string of the molecule is Cl.O=C(C1CC2CCCCC2N1)N1CCOC(c2cccc(Br)c2)C1. The Morgan fingerprint density at radius 3 is 2.92 bits per heavy atom. The Bertz CT molecular complexity index is 601. The minimum atomic E-state index is -0.0242. The molecule has 1 aromatic carbocycles. The van der Waals surface area contributed by atoms with Crippen LogP contribution in [0.4, 0.5) is 0 Å². The lowest BCUT2D eigenvalue weighted by Gasteiger charge is -2.34. The van der Waals surface area contributed by atoms with Gasteiger partial charge in [0.15, 0.2) is 0 Å². The smallest absolute Gasteiger partial charge is 0.239 e. The minimum Gasteiger partial charge on any atom is -0.370 e. The number of hydrogen-bond donors (Lipinski definition) is 1. The van der Waals surface area contributed by atoms with Gasteiger partial charge in [-0.1, -0.05) is 40.9 Å². The maximum Gasteiger partial charge on any atom is 0.239 e. The Balaban J connectivity index is 0.00000182. The third-order valence-corrected chi connectivity index (χ3v) is 6.25. The average molecular weight is 430 g/mol. The summed E-state index contributed by atoms with van der Waals surface area (Å²) in [7, 11) is 0. The van der Waals surface area contributed by atoms with Crippen LogP contribution in [-0.2, 0) is 9.53 Å². The van der Waals surface area contributed by atoms with Gasteiger partial charge >= 0.3 is 0 Å². The van der Waals surface area contributed by atoms with Crippen LogP contribution >= 0.6 is 28.3 Å². The molecule has 1 aromatic rings. The number of ether oxygens (including phenoxy) is 1. The quantitative estimate of drug-likeness (QED) is 0.779. The Morgan fingerprint density at radius 1 is 1.28 bits per heavy atom. The molecule has 2 heterocycles. The third kappa shape index (κ3) is 4.21. The standard InChI is InChI=1S/C19H25BrN2O2.ClH/c20-15-6-3-5-14(10-15)18-12-22(8-9-24-18)19(23)17-11-13-4-1-2-7-16(13)21-17;/h3,5-6,10,13,16-18,21H,1-2,4,7-9,11-12H2;1H. The highest BCUT2D eigenvalue weighted by molar-refractivity contribution is 9.10. The Hall–Kier alpha value is -0.620. The van der Waals surface area contributed by atoms with Crippen LogP contribution in [-0.4, -0.2) is 42.6 Å². The number of rotatable bonds is 2. The van der Waals surface area contributed by atoms with Crippen molar-refractivity contribution in [3.63, 3.8) is 0 Å². The minimum absolute atomic E-state index is 0. The monoisotopic (exact) mass is 428 g/mol. The molecule has 1 aliphatic carbocycles. The number of morpholine rings is 1. The van der Waals surface area contributed by atoms with Crippen LogP contribution in [0, 0.1) is 5.92 Å². The van der Waals surface area contributed by atoms with Crippen LogP contribution in [0.5, 0.6) is 0 Å². The largest absolute Gasteiger partial charge is 0.370 e. The molecule has 4 rings (SSSR count). The first kappa shape index (κ1) is 19.2. The molecule has 0 bridgehead atoms. The van der Waals surface area contributed by atoms with E-state index in [1.54, 1.807) is 0 Å². The van der Waals surface area contributed by atoms with Gasteiger partial charge in [0, 0.05) is 17.1 Å². The fourth-order valence-electron chi connectivity index (χ4n) is 4.49. The fourth-order valence-corrected chi connectivity index (χ4v) is 4.91.